The number of aromatic hydroxyl groups is 1. The van der Waals surface area contributed by atoms with E-state index in [1.807, 2.05) is 6.07 Å². The maximum atomic E-state index is 9.41. The summed E-state index contributed by atoms with van der Waals surface area (Å²) in [5, 5.41) is 21.6. The molecule has 0 saturated carbocycles. The minimum Gasteiger partial charge on any atom is -0.508 e. The largest absolute Gasteiger partial charge is 0.508 e. The molecule has 0 unspecified atom stereocenters. The first kappa shape index (κ1) is 9.93. The van der Waals surface area contributed by atoms with E-state index in [0.717, 1.165) is 31.9 Å². The van der Waals surface area contributed by atoms with Gasteiger partial charge in [0.05, 0.1) is 6.61 Å². The van der Waals surface area contributed by atoms with Crippen LogP contribution >= 0.6 is 0 Å². The molecular formula is C12H16N2O2. The van der Waals surface area contributed by atoms with Gasteiger partial charge in [-0.05, 0) is 11.6 Å². The van der Waals surface area contributed by atoms with Crippen LogP contribution in [0.5, 0.6) is 5.75 Å². The number of aliphatic hydroxyl groups is 1. The van der Waals surface area contributed by atoms with Crippen LogP contribution in [0.15, 0.2) is 18.2 Å². The molecule has 3 N–H and O–H groups in total. The van der Waals surface area contributed by atoms with Crippen molar-refractivity contribution in [3.05, 3.63) is 23.8 Å². The average molecular weight is 220 g/mol. The van der Waals surface area contributed by atoms with E-state index in [-0.39, 0.29) is 12.0 Å². The van der Waals surface area contributed by atoms with E-state index in [9.17, 15) is 5.11 Å². The minimum absolute atomic E-state index is 0.207. The Bertz CT molecular complexity index is 413. The summed E-state index contributed by atoms with van der Waals surface area (Å²) in [5.74, 6) is 0.315. The standard InChI is InChI=1S/C12H16N2O2/c15-4-3-14-7-12(8-14)6-13-11-5-9(16)1-2-10(11)12/h1-2,5,13,15-16H,3-4,6-8H2. The number of fused-ring (bicyclic) bond motifs is 2. The molecule has 0 aromatic heterocycles. The first-order valence-electron chi connectivity index (χ1n) is 5.64. The van der Waals surface area contributed by atoms with E-state index in [0.29, 0.717) is 5.75 Å². The third-order valence-electron chi connectivity index (χ3n) is 3.66. The van der Waals surface area contributed by atoms with Crippen LogP contribution in [0, 0.1) is 0 Å². The molecular weight excluding hydrogens is 204 g/mol. The normalized spacial score (nSPS) is 21.6. The van der Waals surface area contributed by atoms with Crippen molar-refractivity contribution in [2.45, 2.75) is 5.41 Å². The molecule has 1 aromatic carbocycles. The van der Waals surface area contributed by atoms with Crippen molar-refractivity contribution in [3.8, 4) is 5.75 Å². The molecule has 86 valence electrons. The number of rotatable bonds is 2. The van der Waals surface area contributed by atoms with Gasteiger partial charge in [-0.15, -0.1) is 0 Å². The van der Waals surface area contributed by atoms with Crippen molar-refractivity contribution in [1.82, 2.24) is 4.90 Å². The van der Waals surface area contributed by atoms with Gasteiger partial charge in [-0.1, -0.05) is 6.07 Å². The number of hydrogen-bond acceptors (Lipinski definition) is 4. The molecule has 1 spiro atoms. The highest BCUT2D eigenvalue weighted by molar-refractivity contribution is 5.64. The number of anilines is 1. The van der Waals surface area contributed by atoms with Gasteiger partial charge in [0.15, 0.2) is 0 Å². The summed E-state index contributed by atoms with van der Waals surface area (Å²) in [6.07, 6.45) is 0. The van der Waals surface area contributed by atoms with Crippen molar-refractivity contribution >= 4 is 5.69 Å². The molecule has 2 heterocycles. The van der Waals surface area contributed by atoms with Gasteiger partial charge in [0.2, 0.25) is 0 Å². The van der Waals surface area contributed by atoms with E-state index in [1.165, 1.54) is 5.56 Å². The molecule has 1 fully saturated rings. The zero-order chi connectivity index (χ0) is 11.2. The van der Waals surface area contributed by atoms with E-state index in [4.69, 9.17) is 5.11 Å². The fourth-order valence-corrected chi connectivity index (χ4v) is 2.89. The van der Waals surface area contributed by atoms with Crippen LogP contribution in [0.3, 0.4) is 0 Å². The highest BCUT2D eigenvalue weighted by Gasteiger charge is 2.48. The molecule has 0 atom stereocenters. The number of benzene rings is 1. The molecule has 1 aromatic rings. The number of β-amino-alcohol motifs (C(OH)–C–C–N with tert-alkyl or cyclic N) is 1. The third-order valence-corrected chi connectivity index (χ3v) is 3.66. The van der Waals surface area contributed by atoms with Crippen LogP contribution < -0.4 is 5.32 Å². The number of likely N-dealkylation sites (tertiary alicyclic amines) is 1. The second kappa shape index (κ2) is 3.37. The maximum Gasteiger partial charge on any atom is 0.117 e. The van der Waals surface area contributed by atoms with Gasteiger partial charge in [-0.25, -0.2) is 0 Å². The molecule has 0 amide bonds. The summed E-state index contributed by atoms with van der Waals surface area (Å²) >= 11 is 0. The first-order valence-corrected chi connectivity index (χ1v) is 5.64. The van der Waals surface area contributed by atoms with Gasteiger partial charge in [0.1, 0.15) is 5.75 Å². The Labute approximate surface area is 94.5 Å². The average Bonchev–Trinajstić information content (AvgIpc) is 2.57. The van der Waals surface area contributed by atoms with Crippen LogP contribution in [0.25, 0.3) is 0 Å². The number of nitrogens with one attached hydrogen (secondary N) is 1. The predicted molar refractivity (Wildman–Crippen MR) is 61.8 cm³/mol. The summed E-state index contributed by atoms with van der Waals surface area (Å²) < 4.78 is 0. The zero-order valence-corrected chi connectivity index (χ0v) is 9.11. The summed E-state index contributed by atoms with van der Waals surface area (Å²) in [4.78, 5) is 2.25. The fraction of sp³-hybridized carbons (Fsp3) is 0.500. The van der Waals surface area contributed by atoms with Gasteiger partial charge in [-0.3, -0.25) is 4.90 Å². The minimum atomic E-state index is 0.207. The topological polar surface area (TPSA) is 55.7 Å². The van der Waals surface area contributed by atoms with Crippen molar-refractivity contribution in [2.75, 3.05) is 38.1 Å². The SMILES string of the molecule is OCCN1CC2(CNc3cc(O)ccc32)C1. The molecule has 0 aliphatic carbocycles. The van der Waals surface area contributed by atoms with E-state index in [2.05, 4.69) is 10.2 Å². The van der Waals surface area contributed by atoms with E-state index in [1.54, 1.807) is 12.1 Å². The second-order valence-corrected chi connectivity index (χ2v) is 4.80. The van der Waals surface area contributed by atoms with Crippen LogP contribution in [-0.2, 0) is 5.41 Å². The molecule has 0 bridgehead atoms. The number of phenolic OH excluding ortho intramolecular Hbond substituents is 1. The third kappa shape index (κ3) is 1.30. The number of nitrogens with zero attached hydrogens (tertiary/aromatic N) is 1. The van der Waals surface area contributed by atoms with Crippen molar-refractivity contribution in [3.63, 3.8) is 0 Å². The van der Waals surface area contributed by atoms with E-state index >= 15 is 0 Å². The summed E-state index contributed by atoms with van der Waals surface area (Å²) in [6.45, 7) is 3.92. The molecule has 2 aliphatic rings. The lowest BCUT2D eigenvalue weighted by Crippen LogP contribution is -2.60. The number of hydrogen-bond donors (Lipinski definition) is 3. The van der Waals surface area contributed by atoms with Crippen LogP contribution in [0.2, 0.25) is 0 Å². The highest BCUT2D eigenvalue weighted by atomic mass is 16.3. The lowest BCUT2D eigenvalue weighted by molar-refractivity contribution is 0.0600. The molecule has 2 aliphatic heterocycles. The number of aliphatic hydroxyl groups excluding tert-OH is 1. The van der Waals surface area contributed by atoms with Crippen LogP contribution in [0.4, 0.5) is 5.69 Å². The molecule has 1 saturated heterocycles. The van der Waals surface area contributed by atoms with Gasteiger partial charge in [-0.2, -0.15) is 0 Å². The molecule has 0 radical (unpaired) electrons. The Morgan fingerprint density at radius 3 is 2.94 bits per heavy atom. The second-order valence-electron chi connectivity index (χ2n) is 4.80. The fourth-order valence-electron chi connectivity index (χ4n) is 2.89. The summed E-state index contributed by atoms with van der Waals surface area (Å²) in [7, 11) is 0. The van der Waals surface area contributed by atoms with Crippen molar-refractivity contribution in [1.29, 1.82) is 0 Å². The smallest absolute Gasteiger partial charge is 0.117 e. The summed E-state index contributed by atoms with van der Waals surface area (Å²) in [6, 6.07) is 5.56. The Balaban J connectivity index is 1.83. The van der Waals surface area contributed by atoms with Crippen molar-refractivity contribution < 1.29 is 10.2 Å². The van der Waals surface area contributed by atoms with Gasteiger partial charge >= 0.3 is 0 Å². The quantitative estimate of drug-likeness (QED) is 0.674. The van der Waals surface area contributed by atoms with Gasteiger partial charge in [0, 0.05) is 43.3 Å². The van der Waals surface area contributed by atoms with Crippen LogP contribution in [0.1, 0.15) is 5.56 Å². The molecule has 16 heavy (non-hydrogen) atoms. The molecule has 4 heteroatoms. The Morgan fingerprint density at radius 2 is 2.19 bits per heavy atom. The van der Waals surface area contributed by atoms with Gasteiger partial charge in [0.25, 0.3) is 0 Å². The number of phenols is 1. The zero-order valence-electron chi connectivity index (χ0n) is 9.11. The maximum absolute atomic E-state index is 9.41. The molecule has 3 rings (SSSR count). The Hall–Kier alpha value is -1.26. The monoisotopic (exact) mass is 220 g/mol. The summed E-state index contributed by atoms with van der Waals surface area (Å²) in [5.41, 5.74) is 2.57. The highest BCUT2D eigenvalue weighted by Crippen LogP contribution is 2.44. The molecule has 4 nitrogen and oxygen atoms in total. The lowest BCUT2D eigenvalue weighted by Gasteiger charge is -2.48. The van der Waals surface area contributed by atoms with Gasteiger partial charge < -0.3 is 15.5 Å². The predicted octanol–water partition coefficient (Wildman–Crippen LogP) is 0.363. The first-order chi connectivity index (χ1) is 7.73. The lowest BCUT2D eigenvalue weighted by atomic mass is 9.75. The Kier molecular flexibility index (Phi) is 2.09. The van der Waals surface area contributed by atoms with Crippen LogP contribution in [-0.4, -0.2) is 47.9 Å². The van der Waals surface area contributed by atoms with E-state index < -0.39 is 0 Å². The van der Waals surface area contributed by atoms with Crippen molar-refractivity contribution in [2.24, 2.45) is 0 Å². The Morgan fingerprint density at radius 1 is 1.38 bits per heavy atom.